The van der Waals surface area contributed by atoms with Gasteiger partial charge in [0, 0.05) is 6.04 Å². The van der Waals surface area contributed by atoms with Gasteiger partial charge in [-0.1, -0.05) is 38.5 Å². The van der Waals surface area contributed by atoms with Crippen molar-refractivity contribution in [1.29, 1.82) is 0 Å². The Morgan fingerprint density at radius 2 is 2.00 bits per heavy atom. The van der Waals surface area contributed by atoms with Crippen LogP contribution in [0.4, 0.5) is 4.79 Å². The highest BCUT2D eigenvalue weighted by Gasteiger charge is 2.10. The Morgan fingerprint density at radius 1 is 1.31 bits per heavy atom. The van der Waals surface area contributed by atoms with Crippen LogP contribution >= 0.6 is 0 Å². The summed E-state index contributed by atoms with van der Waals surface area (Å²) in [5.41, 5.74) is 0. The van der Waals surface area contributed by atoms with Gasteiger partial charge in [0.15, 0.2) is 0 Å². The van der Waals surface area contributed by atoms with Crippen LogP contribution < -0.4 is 10.1 Å². The van der Waals surface area contributed by atoms with Crippen LogP contribution in [0.2, 0.25) is 0 Å². The predicted molar refractivity (Wildman–Crippen MR) is 64.6 cm³/mol. The lowest BCUT2D eigenvalue weighted by Crippen LogP contribution is -2.36. The molecule has 16 heavy (non-hydrogen) atoms. The summed E-state index contributed by atoms with van der Waals surface area (Å²) in [4.78, 5) is 11.5. The van der Waals surface area contributed by atoms with Gasteiger partial charge >= 0.3 is 6.09 Å². The van der Waals surface area contributed by atoms with Crippen LogP contribution in [0.25, 0.3) is 0 Å². The molecule has 3 nitrogen and oxygen atoms in total. The smallest absolute Gasteiger partial charge is 0.410 e. The van der Waals surface area contributed by atoms with Crippen LogP contribution in [0.15, 0.2) is 30.3 Å². The second kappa shape index (κ2) is 6.88. The zero-order valence-electron chi connectivity index (χ0n) is 9.90. The molecule has 0 saturated carbocycles. The zero-order chi connectivity index (χ0) is 11.8. The highest BCUT2D eigenvalue weighted by atomic mass is 16.6. The van der Waals surface area contributed by atoms with E-state index in [2.05, 4.69) is 19.2 Å². The average molecular weight is 221 g/mol. The minimum Gasteiger partial charge on any atom is -0.410 e. The van der Waals surface area contributed by atoms with Crippen molar-refractivity contribution >= 4 is 6.09 Å². The van der Waals surface area contributed by atoms with Crippen molar-refractivity contribution in [2.45, 2.75) is 39.2 Å². The molecule has 0 aliphatic carbocycles. The molecule has 0 saturated heterocycles. The predicted octanol–water partition coefficient (Wildman–Crippen LogP) is 3.35. The molecule has 1 aromatic carbocycles. The van der Waals surface area contributed by atoms with Crippen LogP contribution in [-0.4, -0.2) is 12.1 Å². The number of amides is 1. The first-order valence-electron chi connectivity index (χ1n) is 5.79. The third kappa shape index (κ3) is 4.34. The fraction of sp³-hybridized carbons (Fsp3) is 0.462. The molecule has 0 fully saturated rings. The van der Waals surface area contributed by atoms with Gasteiger partial charge in [-0.15, -0.1) is 0 Å². The number of carbonyl (C=O) groups is 1. The monoisotopic (exact) mass is 221 g/mol. The van der Waals surface area contributed by atoms with Crippen molar-refractivity contribution in [2.24, 2.45) is 0 Å². The standard InChI is InChI=1S/C13H19NO2/c1-3-8-11(4-2)14-13(15)16-12-9-6-5-7-10-12/h5-7,9-11H,3-4,8H2,1-2H3,(H,14,15). The number of nitrogens with one attached hydrogen (secondary N) is 1. The molecule has 88 valence electrons. The molecular formula is C13H19NO2. The maximum atomic E-state index is 11.5. The van der Waals surface area contributed by atoms with Gasteiger partial charge in [0.1, 0.15) is 5.75 Å². The van der Waals surface area contributed by atoms with Crippen molar-refractivity contribution in [2.75, 3.05) is 0 Å². The van der Waals surface area contributed by atoms with E-state index in [9.17, 15) is 4.79 Å². The molecule has 0 radical (unpaired) electrons. The quantitative estimate of drug-likeness (QED) is 0.828. The molecular weight excluding hydrogens is 202 g/mol. The highest BCUT2D eigenvalue weighted by molar-refractivity contribution is 5.70. The van der Waals surface area contributed by atoms with Gasteiger partial charge in [-0.25, -0.2) is 4.79 Å². The van der Waals surface area contributed by atoms with E-state index in [1.54, 1.807) is 12.1 Å². The number of benzene rings is 1. The van der Waals surface area contributed by atoms with Gasteiger partial charge in [-0.2, -0.15) is 0 Å². The molecule has 1 amide bonds. The molecule has 0 bridgehead atoms. The number of hydrogen-bond donors (Lipinski definition) is 1. The van der Waals surface area contributed by atoms with Crippen molar-refractivity contribution < 1.29 is 9.53 Å². The van der Waals surface area contributed by atoms with Crippen LogP contribution in [0.1, 0.15) is 33.1 Å². The summed E-state index contributed by atoms with van der Waals surface area (Å²) in [7, 11) is 0. The molecule has 0 aliphatic heterocycles. The van der Waals surface area contributed by atoms with E-state index in [-0.39, 0.29) is 12.1 Å². The second-order valence-electron chi connectivity index (χ2n) is 3.74. The van der Waals surface area contributed by atoms with Gasteiger partial charge in [-0.3, -0.25) is 0 Å². The zero-order valence-corrected chi connectivity index (χ0v) is 9.90. The van der Waals surface area contributed by atoms with E-state index >= 15 is 0 Å². The Morgan fingerprint density at radius 3 is 2.56 bits per heavy atom. The molecule has 1 unspecified atom stereocenters. The number of rotatable bonds is 5. The topological polar surface area (TPSA) is 38.3 Å². The van der Waals surface area contributed by atoms with Crippen molar-refractivity contribution in [3.8, 4) is 5.75 Å². The van der Waals surface area contributed by atoms with Crippen LogP contribution in [0, 0.1) is 0 Å². The van der Waals surface area contributed by atoms with Crippen molar-refractivity contribution in [1.82, 2.24) is 5.32 Å². The lowest BCUT2D eigenvalue weighted by molar-refractivity contribution is 0.194. The summed E-state index contributed by atoms with van der Waals surface area (Å²) in [6.07, 6.45) is 2.61. The minimum atomic E-state index is -0.369. The second-order valence-corrected chi connectivity index (χ2v) is 3.74. The van der Waals surface area contributed by atoms with E-state index in [0.717, 1.165) is 19.3 Å². The molecule has 0 spiro atoms. The Hall–Kier alpha value is -1.51. The number of carbonyl (C=O) groups excluding carboxylic acids is 1. The lowest BCUT2D eigenvalue weighted by atomic mass is 10.1. The third-order valence-electron chi connectivity index (χ3n) is 2.41. The summed E-state index contributed by atoms with van der Waals surface area (Å²) in [6.45, 7) is 4.16. The summed E-state index contributed by atoms with van der Waals surface area (Å²) in [5, 5.41) is 2.85. The fourth-order valence-corrected chi connectivity index (χ4v) is 1.52. The SMILES string of the molecule is CCCC(CC)NC(=O)Oc1ccccc1. The maximum absolute atomic E-state index is 11.5. The first-order valence-corrected chi connectivity index (χ1v) is 5.79. The molecule has 0 heterocycles. The van der Waals surface area contributed by atoms with E-state index in [4.69, 9.17) is 4.74 Å². The Balaban J connectivity index is 2.41. The van der Waals surface area contributed by atoms with Crippen LogP contribution in [0.5, 0.6) is 5.75 Å². The molecule has 1 rings (SSSR count). The normalized spacial score (nSPS) is 11.9. The summed E-state index contributed by atoms with van der Waals surface area (Å²) >= 11 is 0. The summed E-state index contributed by atoms with van der Waals surface area (Å²) in [5.74, 6) is 0.575. The Kier molecular flexibility index (Phi) is 5.40. The third-order valence-corrected chi connectivity index (χ3v) is 2.41. The number of para-hydroxylation sites is 1. The highest BCUT2D eigenvalue weighted by Crippen LogP contribution is 2.09. The average Bonchev–Trinajstić information content (AvgIpc) is 2.29. The van der Waals surface area contributed by atoms with Gasteiger partial charge in [-0.05, 0) is 25.0 Å². The minimum absolute atomic E-state index is 0.209. The number of hydrogen-bond acceptors (Lipinski definition) is 2. The van der Waals surface area contributed by atoms with Gasteiger partial charge in [0.25, 0.3) is 0 Å². The fourth-order valence-electron chi connectivity index (χ4n) is 1.52. The molecule has 3 heteroatoms. The molecule has 0 aliphatic rings. The van der Waals surface area contributed by atoms with Crippen molar-refractivity contribution in [3.63, 3.8) is 0 Å². The number of ether oxygens (including phenoxy) is 1. The van der Waals surface area contributed by atoms with E-state index in [0.29, 0.717) is 5.75 Å². The molecule has 1 aromatic rings. The summed E-state index contributed by atoms with van der Waals surface area (Å²) in [6, 6.07) is 9.30. The molecule has 1 atom stereocenters. The van der Waals surface area contributed by atoms with Gasteiger partial charge in [0.05, 0.1) is 0 Å². The van der Waals surface area contributed by atoms with Crippen molar-refractivity contribution in [3.05, 3.63) is 30.3 Å². The van der Waals surface area contributed by atoms with Crippen LogP contribution in [0.3, 0.4) is 0 Å². The lowest BCUT2D eigenvalue weighted by Gasteiger charge is -2.15. The van der Waals surface area contributed by atoms with E-state index in [1.807, 2.05) is 18.2 Å². The Labute approximate surface area is 96.8 Å². The first kappa shape index (κ1) is 12.6. The van der Waals surface area contributed by atoms with Gasteiger partial charge < -0.3 is 10.1 Å². The van der Waals surface area contributed by atoms with E-state index < -0.39 is 0 Å². The molecule has 1 N–H and O–H groups in total. The van der Waals surface area contributed by atoms with Crippen LogP contribution in [-0.2, 0) is 0 Å². The first-order chi connectivity index (χ1) is 7.76. The largest absolute Gasteiger partial charge is 0.412 e. The van der Waals surface area contributed by atoms with Gasteiger partial charge in [0.2, 0.25) is 0 Å². The summed E-state index contributed by atoms with van der Waals surface area (Å²) < 4.78 is 5.14. The van der Waals surface area contributed by atoms with E-state index in [1.165, 1.54) is 0 Å². The molecule has 0 aromatic heterocycles. The Bertz CT molecular complexity index is 311. The maximum Gasteiger partial charge on any atom is 0.412 e.